The standard InChI is InChI=1S/C31H31NO4/c1-32-16-15-24-19-29(34-2)30(35-3)20-26(24)25(17-22-11-7-5-8-12-22)18-27(23-13-9-6-10-14-23)28(21-32)31(33)36-4/h5-14,19-21H,15-17H2,1-4H3/b28-21+. The number of carbonyl (C=O) groups is 1. The predicted molar refractivity (Wildman–Crippen MR) is 143 cm³/mol. The molecule has 3 aromatic rings. The molecule has 1 heterocycles. The molecule has 0 saturated carbocycles. The number of carbonyl (C=O) groups excluding carboxylic acids is 1. The second-order valence-electron chi connectivity index (χ2n) is 8.64. The van der Waals surface area contributed by atoms with Gasteiger partial charge < -0.3 is 19.1 Å². The van der Waals surface area contributed by atoms with Crippen LogP contribution in [0.5, 0.6) is 11.5 Å². The number of rotatable bonds is 6. The minimum atomic E-state index is -0.402. The van der Waals surface area contributed by atoms with Crippen LogP contribution in [0.4, 0.5) is 0 Å². The monoisotopic (exact) mass is 481 g/mol. The van der Waals surface area contributed by atoms with Gasteiger partial charge in [-0.3, -0.25) is 0 Å². The minimum absolute atomic E-state index is 0.402. The molecule has 0 radical (unpaired) electrons. The van der Waals surface area contributed by atoms with Gasteiger partial charge in [-0.05, 0) is 40.8 Å². The van der Waals surface area contributed by atoms with Crippen molar-refractivity contribution in [3.05, 3.63) is 113 Å². The van der Waals surface area contributed by atoms with E-state index in [-0.39, 0.29) is 0 Å². The van der Waals surface area contributed by atoms with Crippen LogP contribution >= 0.6 is 0 Å². The predicted octanol–water partition coefficient (Wildman–Crippen LogP) is 5.56. The van der Waals surface area contributed by atoms with Gasteiger partial charge in [-0.15, -0.1) is 5.73 Å². The smallest absolute Gasteiger partial charge is 0.340 e. The van der Waals surface area contributed by atoms with Crippen molar-refractivity contribution in [1.82, 2.24) is 4.90 Å². The lowest BCUT2D eigenvalue weighted by Gasteiger charge is -2.22. The van der Waals surface area contributed by atoms with Crippen LogP contribution in [0.2, 0.25) is 0 Å². The Labute approximate surface area is 212 Å². The van der Waals surface area contributed by atoms with Crippen LogP contribution in [0.15, 0.2) is 90.3 Å². The molecule has 0 saturated heterocycles. The Morgan fingerprint density at radius 3 is 2.19 bits per heavy atom. The summed E-state index contributed by atoms with van der Waals surface area (Å²) in [5, 5.41) is 0. The number of likely N-dealkylation sites (N-methyl/N-ethyl adjacent to an activating group) is 1. The average Bonchev–Trinajstić information content (AvgIpc) is 2.93. The molecule has 5 nitrogen and oxygen atoms in total. The van der Waals surface area contributed by atoms with Crippen molar-refractivity contribution in [2.75, 3.05) is 34.9 Å². The van der Waals surface area contributed by atoms with Gasteiger partial charge >= 0.3 is 5.97 Å². The average molecular weight is 482 g/mol. The van der Waals surface area contributed by atoms with Crippen LogP contribution in [0.25, 0.3) is 11.1 Å². The molecule has 184 valence electrons. The third-order valence-corrected chi connectivity index (χ3v) is 6.25. The van der Waals surface area contributed by atoms with E-state index in [0.29, 0.717) is 35.6 Å². The summed E-state index contributed by atoms with van der Waals surface area (Å²) in [6.45, 7) is 0.698. The third kappa shape index (κ3) is 5.54. The van der Waals surface area contributed by atoms with Crippen molar-refractivity contribution in [2.45, 2.75) is 12.8 Å². The molecule has 0 amide bonds. The minimum Gasteiger partial charge on any atom is -0.493 e. The van der Waals surface area contributed by atoms with E-state index >= 15 is 0 Å². The first-order valence-corrected chi connectivity index (χ1v) is 11.9. The molecule has 0 fully saturated rings. The van der Waals surface area contributed by atoms with Gasteiger partial charge in [-0.2, -0.15) is 0 Å². The Morgan fingerprint density at radius 1 is 0.917 bits per heavy atom. The lowest BCUT2D eigenvalue weighted by Crippen LogP contribution is -2.19. The van der Waals surface area contributed by atoms with Gasteiger partial charge in [0.15, 0.2) is 11.5 Å². The van der Waals surface area contributed by atoms with Gasteiger partial charge in [0.1, 0.15) is 0 Å². The SMILES string of the molecule is COC(=O)/C1=C/N(C)CCc2cc(OC)c(OC)cc2C(Cc2ccccc2)=C=C1c1ccccc1. The van der Waals surface area contributed by atoms with Gasteiger partial charge in [-0.25, -0.2) is 4.79 Å². The summed E-state index contributed by atoms with van der Waals surface area (Å²) in [6, 6.07) is 24.2. The van der Waals surface area contributed by atoms with Crippen molar-refractivity contribution in [1.29, 1.82) is 0 Å². The molecule has 1 aliphatic heterocycles. The number of fused-ring (bicyclic) bond motifs is 1. The van der Waals surface area contributed by atoms with Gasteiger partial charge in [-0.1, -0.05) is 60.7 Å². The Balaban J connectivity index is 2.10. The number of esters is 1. The van der Waals surface area contributed by atoms with Crippen molar-refractivity contribution in [3.8, 4) is 11.5 Å². The summed E-state index contributed by atoms with van der Waals surface area (Å²) in [6.07, 6.45) is 3.23. The van der Waals surface area contributed by atoms with Crippen molar-refractivity contribution in [3.63, 3.8) is 0 Å². The molecule has 0 spiro atoms. The highest BCUT2D eigenvalue weighted by molar-refractivity contribution is 6.07. The number of benzene rings is 3. The zero-order chi connectivity index (χ0) is 25.5. The highest BCUT2D eigenvalue weighted by Crippen LogP contribution is 2.36. The molecule has 36 heavy (non-hydrogen) atoms. The molecule has 0 bridgehead atoms. The molecule has 3 aromatic carbocycles. The number of ether oxygens (including phenoxy) is 3. The molecule has 5 heteroatoms. The Morgan fingerprint density at radius 2 is 1.56 bits per heavy atom. The van der Waals surface area contributed by atoms with Gasteiger partial charge in [0.05, 0.1) is 26.9 Å². The Hall–Kier alpha value is -4.21. The molecular formula is C31H31NO4. The quantitative estimate of drug-likeness (QED) is 0.341. The molecule has 4 rings (SSSR count). The first-order valence-electron chi connectivity index (χ1n) is 11.9. The lowest BCUT2D eigenvalue weighted by molar-refractivity contribution is -0.135. The van der Waals surface area contributed by atoms with E-state index in [1.54, 1.807) is 14.2 Å². The van der Waals surface area contributed by atoms with Crippen LogP contribution in [-0.2, 0) is 22.4 Å². The van der Waals surface area contributed by atoms with E-state index in [1.807, 2.05) is 78.8 Å². The van der Waals surface area contributed by atoms with E-state index < -0.39 is 5.97 Å². The highest BCUT2D eigenvalue weighted by Gasteiger charge is 2.22. The first-order chi connectivity index (χ1) is 17.5. The number of methoxy groups -OCH3 is 3. The van der Waals surface area contributed by atoms with E-state index in [2.05, 4.69) is 17.9 Å². The summed E-state index contributed by atoms with van der Waals surface area (Å²) in [5.74, 6) is 0.937. The molecule has 0 unspecified atom stereocenters. The second-order valence-corrected chi connectivity index (χ2v) is 8.64. The maximum absolute atomic E-state index is 13.0. The second kappa shape index (κ2) is 11.5. The number of hydrogen-bond donors (Lipinski definition) is 0. The molecule has 0 atom stereocenters. The van der Waals surface area contributed by atoms with Crippen molar-refractivity contribution in [2.24, 2.45) is 0 Å². The fourth-order valence-electron chi connectivity index (χ4n) is 4.38. The molecular weight excluding hydrogens is 450 g/mol. The third-order valence-electron chi connectivity index (χ3n) is 6.25. The van der Waals surface area contributed by atoms with Gasteiger partial charge in [0.25, 0.3) is 0 Å². The Bertz CT molecular complexity index is 1320. The largest absolute Gasteiger partial charge is 0.493 e. The topological polar surface area (TPSA) is 48.0 Å². The van der Waals surface area contributed by atoms with Crippen LogP contribution in [0.3, 0.4) is 0 Å². The number of nitrogens with zero attached hydrogens (tertiary/aromatic N) is 1. The van der Waals surface area contributed by atoms with Gasteiger partial charge in [0.2, 0.25) is 0 Å². The van der Waals surface area contributed by atoms with E-state index in [1.165, 1.54) is 7.11 Å². The maximum Gasteiger partial charge on any atom is 0.340 e. The fourth-order valence-corrected chi connectivity index (χ4v) is 4.38. The van der Waals surface area contributed by atoms with Crippen LogP contribution in [-0.4, -0.2) is 45.8 Å². The molecule has 0 aliphatic carbocycles. The highest BCUT2D eigenvalue weighted by atomic mass is 16.5. The first kappa shape index (κ1) is 24.9. The van der Waals surface area contributed by atoms with E-state index in [4.69, 9.17) is 14.2 Å². The van der Waals surface area contributed by atoms with Crippen molar-refractivity contribution < 1.29 is 19.0 Å². The zero-order valence-corrected chi connectivity index (χ0v) is 21.2. The molecule has 1 aliphatic rings. The normalized spacial score (nSPS) is 15.0. The van der Waals surface area contributed by atoms with Crippen LogP contribution in [0.1, 0.15) is 22.3 Å². The lowest BCUT2D eigenvalue weighted by atomic mass is 9.89. The summed E-state index contributed by atoms with van der Waals surface area (Å²) >= 11 is 0. The van der Waals surface area contributed by atoms with Crippen LogP contribution in [0, 0.1) is 0 Å². The van der Waals surface area contributed by atoms with Crippen molar-refractivity contribution >= 4 is 17.1 Å². The molecule has 0 aromatic heterocycles. The Kier molecular flexibility index (Phi) is 7.94. The fraction of sp³-hybridized carbons (Fsp3) is 0.226. The summed E-state index contributed by atoms with van der Waals surface area (Å²) in [5.41, 5.74) is 9.93. The summed E-state index contributed by atoms with van der Waals surface area (Å²) in [7, 11) is 6.66. The van der Waals surface area contributed by atoms with Gasteiger partial charge in [0, 0.05) is 37.4 Å². The van der Waals surface area contributed by atoms with Crippen LogP contribution < -0.4 is 9.47 Å². The van der Waals surface area contributed by atoms with E-state index in [0.717, 1.165) is 34.2 Å². The number of hydrogen-bond acceptors (Lipinski definition) is 5. The maximum atomic E-state index is 13.0. The van der Waals surface area contributed by atoms with E-state index in [9.17, 15) is 4.79 Å². The zero-order valence-electron chi connectivity index (χ0n) is 21.2. The summed E-state index contributed by atoms with van der Waals surface area (Å²) < 4.78 is 16.5. The summed E-state index contributed by atoms with van der Waals surface area (Å²) in [4.78, 5) is 15.0. The molecule has 0 N–H and O–H groups in total.